The molecule has 0 bridgehead atoms. The van der Waals surface area contributed by atoms with Crippen LogP contribution in [0.2, 0.25) is 0 Å². The SMILES string of the molecule is CCC(C)c1sc(=O)[nH]c1-c1ccccc1. The van der Waals surface area contributed by atoms with Gasteiger partial charge in [0.2, 0.25) is 0 Å². The molecule has 0 aliphatic heterocycles. The number of nitrogens with one attached hydrogen (secondary N) is 1. The van der Waals surface area contributed by atoms with Crippen molar-refractivity contribution in [1.29, 1.82) is 0 Å². The van der Waals surface area contributed by atoms with E-state index < -0.39 is 0 Å². The van der Waals surface area contributed by atoms with Crippen LogP contribution in [0, 0.1) is 0 Å². The van der Waals surface area contributed by atoms with Gasteiger partial charge in [0, 0.05) is 4.88 Å². The van der Waals surface area contributed by atoms with Gasteiger partial charge in [-0.15, -0.1) is 0 Å². The van der Waals surface area contributed by atoms with Gasteiger partial charge in [-0.3, -0.25) is 4.79 Å². The minimum absolute atomic E-state index is 0.0363. The van der Waals surface area contributed by atoms with Gasteiger partial charge in [-0.1, -0.05) is 55.5 Å². The molecule has 0 amide bonds. The number of H-pyrrole nitrogens is 1. The summed E-state index contributed by atoms with van der Waals surface area (Å²) in [6.45, 7) is 4.30. The molecule has 1 atom stereocenters. The smallest absolute Gasteiger partial charge is 0.305 e. The molecule has 2 aromatic rings. The summed E-state index contributed by atoms with van der Waals surface area (Å²) < 4.78 is 0. The van der Waals surface area contributed by atoms with Gasteiger partial charge in [-0.2, -0.15) is 0 Å². The number of hydrogen-bond acceptors (Lipinski definition) is 2. The van der Waals surface area contributed by atoms with Crippen LogP contribution in [0.1, 0.15) is 31.1 Å². The molecule has 0 saturated carbocycles. The van der Waals surface area contributed by atoms with Crippen LogP contribution in [0.4, 0.5) is 0 Å². The molecule has 16 heavy (non-hydrogen) atoms. The van der Waals surface area contributed by atoms with Crippen molar-refractivity contribution in [3.05, 3.63) is 44.9 Å². The minimum atomic E-state index is 0.0363. The van der Waals surface area contributed by atoms with Gasteiger partial charge < -0.3 is 4.98 Å². The van der Waals surface area contributed by atoms with E-state index in [2.05, 4.69) is 18.8 Å². The van der Waals surface area contributed by atoms with Gasteiger partial charge in [-0.25, -0.2) is 0 Å². The topological polar surface area (TPSA) is 32.9 Å². The molecule has 1 unspecified atom stereocenters. The maximum absolute atomic E-state index is 11.5. The molecule has 1 aromatic carbocycles. The maximum atomic E-state index is 11.5. The first-order chi connectivity index (χ1) is 7.72. The first-order valence-corrected chi connectivity index (χ1v) is 6.32. The van der Waals surface area contributed by atoms with Crippen molar-refractivity contribution in [3.63, 3.8) is 0 Å². The van der Waals surface area contributed by atoms with Crippen molar-refractivity contribution in [1.82, 2.24) is 4.98 Å². The minimum Gasteiger partial charge on any atom is -0.312 e. The zero-order valence-electron chi connectivity index (χ0n) is 9.49. The van der Waals surface area contributed by atoms with Crippen LogP contribution in [0.5, 0.6) is 0 Å². The van der Waals surface area contributed by atoms with E-state index >= 15 is 0 Å². The molecule has 84 valence electrons. The fourth-order valence-corrected chi connectivity index (χ4v) is 2.68. The number of aromatic amines is 1. The Bertz CT molecular complexity index is 512. The number of hydrogen-bond donors (Lipinski definition) is 1. The molecule has 0 aliphatic rings. The van der Waals surface area contributed by atoms with E-state index in [1.54, 1.807) is 0 Å². The van der Waals surface area contributed by atoms with E-state index in [-0.39, 0.29) is 4.87 Å². The van der Waals surface area contributed by atoms with Crippen molar-refractivity contribution < 1.29 is 0 Å². The van der Waals surface area contributed by atoms with Crippen LogP contribution in [-0.2, 0) is 0 Å². The van der Waals surface area contributed by atoms with Crippen molar-refractivity contribution in [2.75, 3.05) is 0 Å². The summed E-state index contributed by atoms with van der Waals surface area (Å²) in [5.74, 6) is 0.430. The van der Waals surface area contributed by atoms with Gasteiger partial charge in [0.05, 0.1) is 5.69 Å². The highest BCUT2D eigenvalue weighted by molar-refractivity contribution is 7.09. The summed E-state index contributed by atoms with van der Waals surface area (Å²) in [6, 6.07) is 10.0. The molecule has 1 aromatic heterocycles. The van der Waals surface area contributed by atoms with Crippen molar-refractivity contribution >= 4 is 11.3 Å². The maximum Gasteiger partial charge on any atom is 0.305 e. The Morgan fingerprint density at radius 1 is 1.31 bits per heavy atom. The van der Waals surface area contributed by atoms with Crippen LogP contribution in [-0.4, -0.2) is 4.98 Å². The van der Waals surface area contributed by atoms with E-state index in [9.17, 15) is 4.79 Å². The average Bonchev–Trinajstić information content (AvgIpc) is 2.71. The van der Waals surface area contributed by atoms with Crippen LogP contribution in [0.25, 0.3) is 11.3 Å². The van der Waals surface area contributed by atoms with Gasteiger partial charge in [-0.05, 0) is 17.9 Å². The summed E-state index contributed by atoms with van der Waals surface area (Å²) in [4.78, 5) is 15.6. The van der Waals surface area contributed by atoms with Crippen LogP contribution >= 0.6 is 11.3 Å². The first-order valence-electron chi connectivity index (χ1n) is 5.50. The monoisotopic (exact) mass is 233 g/mol. The predicted molar refractivity (Wildman–Crippen MR) is 69.1 cm³/mol. The second kappa shape index (κ2) is 4.66. The molecule has 2 rings (SSSR count). The number of thiazole rings is 1. The predicted octanol–water partition coefficient (Wildman–Crippen LogP) is 3.62. The molecule has 0 saturated heterocycles. The summed E-state index contributed by atoms with van der Waals surface area (Å²) in [7, 11) is 0. The molecule has 0 fully saturated rings. The summed E-state index contributed by atoms with van der Waals surface area (Å²) in [5.41, 5.74) is 2.08. The molecule has 0 spiro atoms. The largest absolute Gasteiger partial charge is 0.312 e. The van der Waals surface area contributed by atoms with E-state index in [1.807, 2.05) is 30.3 Å². The third kappa shape index (κ3) is 2.09. The Kier molecular flexibility index (Phi) is 3.25. The lowest BCUT2D eigenvalue weighted by Crippen LogP contribution is -1.93. The summed E-state index contributed by atoms with van der Waals surface area (Å²) in [6.07, 6.45) is 1.05. The average molecular weight is 233 g/mol. The first kappa shape index (κ1) is 11.1. The number of aromatic nitrogens is 1. The zero-order chi connectivity index (χ0) is 11.5. The lowest BCUT2D eigenvalue weighted by molar-refractivity contribution is 0.747. The van der Waals surface area contributed by atoms with Crippen molar-refractivity contribution in [3.8, 4) is 11.3 Å². The number of rotatable bonds is 3. The van der Waals surface area contributed by atoms with Crippen LogP contribution < -0.4 is 4.87 Å². The highest BCUT2D eigenvalue weighted by atomic mass is 32.1. The Balaban J connectivity index is 2.53. The molecule has 3 heteroatoms. The molecule has 1 N–H and O–H groups in total. The quantitative estimate of drug-likeness (QED) is 0.863. The van der Waals surface area contributed by atoms with Gasteiger partial charge >= 0.3 is 4.87 Å². The highest BCUT2D eigenvalue weighted by Crippen LogP contribution is 2.30. The van der Waals surface area contributed by atoms with Crippen molar-refractivity contribution in [2.24, 2.45) is 0 Å². The third-order valence-corrected chi connectivity index (χ3v) is 3.91. The molecule has 0 radical (unpaired) electrons. The van der Waals surface area contributed by atoms with Gasteiger partial charge in [0.1, 0.15) is 0 Å². The fraction of sp³-hybridized carbons (Fsp3) is 0.308. The van der Waals surface area contributed by atoms with E-state index in [1.165, 1.54) is 16.2 Å². The normalized spacial score (nSPS) is 12.6. The highest BCUT2D eigenvalue weighted by Gasteiger charge is 2.14. The van der Waals surface area contributed by atoms with Gasteiger partial charge in [0.15, 0.2) is 0 Å². The van der Waals surface area contributed by atoms with Crippen LogP contribution in [0.3, 0.4) is 0 Å². The molecule has 2 nitrogen and oxygen atoms in total. The standard InChI is InChI=1S/C13H15NOS/c1-3-9(2)12-11(14-13(15)16-12)10-7-5-4-6-8-10/h4-9H,3H2,1-2H3,(H,14,15). The second-order valence-corrected chi connectivity index (χ2v) is 4.94. The second-order valence-electron chi connectivity index (χ2n) is 3.93. The van der Waals surface area contributed by atoms with Gasteiger partial charge in [0.25, 0.3) is 0 Å². The van der Waals surface area contributed by atoms with Crippen LogP contribution in [0.15, 0.2) is 35.1 Å². The lowest BCUT2D eigenvalue weighted by Gasteiger charge is -2.08. The Hall–Kier alpha value is -1.35. The Morgan fingerprint density at radius 3 is 2.62 bits per heavy atom. The summed E-state index contributed by atoms with van der Waals surface area (Å²) >= 11 is 1.33. The zero-order valence-corrected chi connectivity index (χ0v) is 10.3. The molecule has 0 aliphatic carbocycles. The van der Waals surface area contributed by atoms with E-state index in [4.69, 9.17) is 0 Å². The Labute approximate surface area is 99.0 Å². The molecular formula is C13H15NOS. The fourth-order valence-electron chi connectivity index (χ4n) is 1.69. The van der Waals surface area contributed by atoms with Crippen molar-refractivity contribution in [2.45, 2.75) is 26.2 Å². The molecular weight excluding hydrogens is 218 g/mol. The van der Waals surface area contributed by atoms with E-state index in [0.717, 1.165) is 17.7 Å². The summed E-state index contributed by atoms with van der Waals surface area (Å²) in [5, 5.41) is 0. The third-order valence-electron chi connectivity index (χ3n) is 2.80. The van der Waals surface area contributed by atoms with E-state index in [0.29, 0.717) is 5.92 Å². The lowest BCUT2D eigenvalue weighted by atomic mass is 10.0. The molecule has 1 heterocycles. The Morgan fingerprint density at radius 2 is 2.00 bits per heavy atom. The number of benzene rings is 1.